The third-order valence-electron chi connectivity index (χ3n) is 5.99. The number of anilines is 1. The van der Waals surface area contributed by atoms with Crippen molar-refractivity contribution in [1.82, 2.24) is 9.97 Å². The third kappa shape index (κ3) is 4.11. The van der Waals surface area contributed by atoms with Gasteiger partial charge in [-0.3, -0.25) is 0 Å². The summed E-state index contributed by atoms with van der Waals surface area (Å²) in [5, 5.41) is 1.20. The molecule has 0 radical (unpaired) electrons. The molecule has 0 saturated carbocycles. The number of hydrogen-bond donors (Lipinski definition) is 1. The molecule has 0 aliphatic rings. The number of H-pyrrole nitrogens is 1. The van der Waals surface area contributed by atoms with E-state index in [4.69, 9.17) is 0 Å². The number of aromatic amines is 1. The number of rotatable bonds is 7. The summed E-state index contributed by atoms with van der Waals surface area (Å²) in [4.78, 5) is 10.4. The van der Waals surface area contributed by atoms with Crippen LogP contribution in [-0.4, -0.2) is 23.1 Å². The van der Waals surface area contributed by atoms with Crippen LogP contribution in [0.25, 0.3) is 22.2 Å². The van der Waals surface area contributed by atoms with Crippen LogP contribution in [0.1, 0.15) is 50.3 Å². The highest BCUT2D eigenvalue weighted by molar-refractivity contribution is 5.85. The Morgan fingerprint density at radius 3 is 2.23 bits per heavy atom. The van der Waals surface area contributed by atoms with Gasteiger partial charge in [0.25, 0.3) is 0 Å². The van der Waals surface area contributed by atoms with E-state index in [9.17, 15) is 0 Å². The van der Waals surface area contributed by atoms with E-state index < -0.39 is 0 Å². The predicted octanol–water partition coefficient (Wildman–Crippen LogP) is 6.79. The first-order valence-electron chi connectivity index (χ1n) is 11.0. The second-order valence-electron chi connectivity index (χ2n) is 8.23. The normalized spacial score (nSPS) is 11.4. The molecular weight excluding hydrogens is 366 g/mol. The van der Waals surface area contributed by atoms with Crippen LogP contribution in [0.2, 0.25) is 0 Å². The lowest BCUT2D eigenvalue weighted by atomic mass is 9.98. The van der Waals surface area contributed by atoms with Crippen LogP contribution in [-0.2, 0) is 6.42 Å². The summed E-state index contributed by atoms with van der Waals surface area (Å²) in [6.07, 6.45) is 4.96. The smallest absolute Gasteiger partial charge is 0.137 e. The van der Waals surface area contributed by atoms with Crippen LogP contribution in [0.3, 0.4) is 0 Å². The Kier molecular flexibility index (Phi) is 5.89. The molecule has 3 nitrogen and oxygen atoms in total. The second-order valence-corrected chi connectivity index (χ2v) is 8.23. The maximum atomic E-state index is 4.67. The highest BCUT2D eigenvalue weighted by Crippen LogP contribution is 2.28. The summed E-state index contributed by atoms with van der Waals surface area (Å²) in [5.41, 5.74) is 8.58. The number of benzene rings is 2. The Hall–Kier alpha value is -3.07. The lowest BCUT2D eigenvalue weighted by Crippen LogP contribution is -2.21. The first kappa shape index (κ1) is 20.2. The molecule has 0 unspecified atom stereocenters. The van der Waals surface area contributed by atoms with Gasteiger partial charge in [0.1, 0.15) is 5.65 Å². The Labute approximate surface area is 179 Å². The molecule has 0 aliphatic carbocycles. The lowest BCUT2D eigenvalue weighted by Gasteiger charge is -2.21. The largest absolute Gasteiger partial charge is 0.372 e. The Bertz CT molecular complexity index is 1100. The van der Waals surface area contributed by atoms with Gasteiger partial charge in [-0.25, -0.2) is 4.98 Å². The number of pyridine rings is 1. The molecule has 4 rings (SSSR count). The van der Waals surface area contributed by atoms with Crippen molar-refractivity contribution in [1.29, 1.82) is 0 Å². The van der Waals surface area contributed by atoms with Crippen molar-refractivity contribution in [3.8, 4) is 11.1 Å². The van der Waals surface area contributed by atoms with Gasteiger partial charge in [0.05, 0.1) is 0 Å². The van der Waals surface area contributed by atoms with Gasteiger partial charge in [0.15, 0.2) is 0 Å². The van der Waals surface area contributed by atoms with Crippen molar-refractivity contribution >= 4 is 16.7 Å². The average Bonchev–Trinajstić information content (AvgIpc) is 3.18. The quantitative estimate of drug-likeness (QED) is 0.372. The molecule has 4 aromatic rings. The highest BCUT2D eigenvalue weighted by Gasteiger charge is 2.09. The minimum absolute atomic E-state index is 0.545. The molecule has 0 bridgehead atoms. The zero-order valence-electron chi connectivity index (χ0n) is 18.4. The van der Waals surface area contributed by atoms with E-state index in [2.05, 4.69) is 103 Å². The zero-order chi connectivity index (χ0) is 21.1. The van der Waals surface area contributed by atoms with Gasteiger partial charge >= 0.3 is 0 Å². The molecule has 0 saturated heterocycles. The summed E-state index contributed by atoms with van der Waals surface area (Å²) >= 11 is 0. The molecule has 0 atom stereocenters. The van der Waals surface area contributed by atoms with Crippen molar-refractivity contribution in [2.45, 2.75) is 40.0 Å². The zero-order valence-corrected chi connectivity index (χ0v) is 18.4. The summed E-state index contributed by atoms with van der Waals surface area (Å²) in [5.74, 6) is 0.545. The first-order chi connectivity index (χ1) is 14.6. The maximum Gasteiger partial charge on any atom is 0.137 e. The van der Waals surface area contributed by atoms with Gasteiger partial charge in [0.2, 0.25) is 0 Å². The van der Waals surface area contributed by atoms with E-state index >= 15 is 0 Å². The molecule has 2 aromatic heterocycles. The van der Waals surface area contributed by atoms with E-state index in [1.165, 1.54) is 33.3 Å². The lowest BCUT2D eigenvalue weighted by molar-refractivity contribution is 0.866. The molecule has 0 aliphatic heterocycles. The average molecular weight is 398 g/mol. The molecule has 154 valence electrons. The number of aromatic nitrogens is 2. The molecule has 0 fully saturated rings. The van der Waals surface area contributed by atoms with Crippen LogP contribution in [0.15, 0.2) is 67.0 Å². The predicted molar refractivity (Wildman–Crippen MR) is 128 cm³/mol. The van der Waals surface area contributed by atoms with Gasteiger partial charge < -0.3 is 9.88 Å². The van der Waals surface area contributed by atoms with Crippen LogP contribution in [0.5, 0.6) is 0 Å². The standard InChI is InChI=1S/C27H31N3/c1-5-30(6-2)25-13-7-20(8-14-25)15-24-18-29-27-26(24)16-23(17-28-27)22-11-9-21(10-12-22)19(3)4/h7-14,16-19H,5-6,15H2,1-4H3,(H,28,29). The van der Waals surface area contributed by atoms with Crippen LogP contribution >= 0.6 is 0 Å². The fourth-order valence-electron chi connectivity index (χ4n) is 4.06. The van der Waals surface area contributed by atoms with E-state index in [0.29, 0.717) is 5.92 Å². The van der Waals surface area contributed by atoms with E-state index in [0.717, 1.165) is 30.7 Å². The summed E-state index contributed by atoms with van der Waals surface area (Å²) in [6, 6.07) is 20.1. The minimum Gasteiger partial charge on any atom is -0.372 e. The van der Waals surface area contributed by atoms with Crippen molar-refractivity contribution < 1.29 is 0 Å². The van der Waals surface area contributed by atoms with E-state index in [1.54, 1.807) is 0 Å². The number of hydrogen-bond acceptors (Lipinski definition) is 2. The summed E-state index contributed by atoms with van der Waals surface area (Å²) in [6.45, 7) is 10.9. The fourth-order valence-corrected chi connectivity index (χ4v) is 4.06. The topological polar surface area (TPSA) is 31.9 Å². The Morgan fingerprint density at radius 1 is 0.900 bits per heavy atom. The molecule has 0 amide bonds. The van der Waals surface area contributed by atoms with Crippen LogP contribution < -0.4 is 4.90 Å². The molecule has 2 heterocycles. The van der Waals surface area contributed by atoms with Crippen molar-refractivity contribution in [3.63, 3.8) is 0 Å². The molecule has 2 aromatic carbocycles. The maximum absolute atomic E-state index is 4.67. The van der Waals surface area contributed by atoms with Gasteiger partial charge in [-0.2, -0.15) is 0 Å². The SMILES string of the molecule is CCN(CC)c1ccc(Cc2c[nH]c3ncc(-c4ccc(C(C)C)cc4)cc23)cc1. The van der Waals surface area contributed by atoms with Crippen LogP contribution in [0, 0.1) is 0 Å². The third-order valence-corrected chi connectivity index (χ3v) is 5.99. The first-order valence-corrected chi connectivity index (χ1v) is 11.0. The van der Waals surface area contributed by atoms with Gasteiger partial charge in [-0.1, -0.05) is 50.2 Å². The van der Waals surface area contributed by atoms with Gasteiger partial charge in [-0.05, 0) is 66.6 Å². The van der Waals surface area contributed by atoms with E-state index in [1.807, 2.05) is 6.20 Å². The molecule has 0 spiro atoms. The Morgan fingerprint density at radius 2 is 1.60 bits per heavy atom. The fraction of sp³-hybridized carbons (Fsp3) is 0.296. The van der Waals surface area contributed by atoms with Crippen molar-refractivity contribution in [2.75, 3.05) is 18.0 Å². The van der Waals surface area contributed by atoms with Gasteiger partial charge in [-0.15, -0.1) is 0 Å². The molecular formula is C27H31N3. The van der Waals surface area contributed by atoms with Crippen LogP contribution in [0.4, 0.5) is 5.69 Å². The molecule has 3 heteroatoms. The van der Waals surface area contributed by atoms with Crippen molar-refractivity contribution in [3.05, 3.63) is 83.7 Å². The number of nitrogens with zero attached hydrogens (tertiary/aromatic N) is 2. The highest BCUT2D eigenvalue weighted by atomic mass is 15.1. The molecule has 30 heavy (non-hydrogen) atoms. The Balaban J connectivity index is 1.60. The number of fused-ring (bicyclic) bond motifs is 1. The van der Waals surface area contributed by atoms with E-state index in [-0.39, 0.29) is 0 Å². The van der Waals surface area contributed by atoms with Gasteiger partial charge in [0, 0.05) is 42.1 Å². The minimum atomic E-state index is 0.545. The summed E-state index contributed by atoms with van der Waals surface area (Å²) in [7, 11) is 0. The second kappa shape index (κ2) is 8.74. The molecule has 1 N–H and O–H groups in total. The summed E-state index contributed by atoms with van der Waals surface area (Å²) < 4.78 is 0. The van der Waals surface area contributed by atoms with Crippen molar-refractivity contribution in [2.24, 2.45) is 0 Å². The number of nitrogens with one attached hydrogen (secondary N) is 1. The monoisotopic (exact) mass is 397 g/mol.